The SMILES string of the molecule is CCCCCCCCCCCC(CCc1ccc(Br)cc1)[n+]1cc[nH]c1. The first kappa shape index (κ1) is 21.2. The average Bonchev–Trinajstić information content (AvgIpc) is 3.18. The molecule has 1 aromatic carbocycles. The van der Waals surface area contributed by atoms with E-state index in [2.05, 4.69) is 69.2 Å². The van der Waals surface area contributed by atoms with Crippen molar-refractivity contribution >= 4 is 15.9 Å². The maximum absolute atomic E-state index is 3.52. The first-order chi connectivity index (χ1) is 12.8. The van der Waals surface area contributed by atoms with E-state index >= 15 is 0 Å². The molecule has 144 valence electrons. The minimum Gasteiger partial charge on any atom is -0.250 e. The lowest BCUT2D eigenvalue weighted by Gasteiger charge is -2.14. The van der Waals surface area contributed by atoms with Crippen molar-refractivity contribution in [1.82, 2.24) is 4.98 Å². The predicted molar refractivity (Wildman–Crippen MR) is 114 cm³/mol. The predicted octanol–water partition coefficient (Wildman–Crippen LogP) is 7.16. The Labute approximate surface area is 168 Å². The number of nitrogens with zero attached hydrogens (tertiary/aromatic N) is 1. The zero-order chi connectivity index (χ0) is 18.5. The molecule has 2 aromatic rings. The van der Waals surface area contributed by atoms with Gasteiger partial charge in [0.15, 0.2) is 0 Å². The van der Waals surface area contributed by atoms with E-state index in [1.54, 1.807) is 0 Å². The first-order valence-corrected chi connectivity index (χ1v) is 11.4. The molecule has 1 atom stereocenters. The standard InChI is InChI=1S/C23H35BrN2/c1-2-3-4-5-6-7-8-9-10-11-23(26-19-18-25-20-26)17-14-21-12-15-22(24)16-13-21/h12-13,15-16,18-20,23H,2-11,14,17H2,1H3/p+1. The third kappa shape index (κ3) is 8.53. The van der Waals surface area contributed by atoms with Crippen molar-refractivity contribution in [3.05, 3.63) is 53.0 Å². The lowest BCUT2D eigenvalue weighted by Crippen LogP contribution is -2.37. The molecule has 0 fully saturated rings. The zero-order valence-corrected chi connectivity index (χ0v) is 18.0. The number of imidazole rings is 1. The van der Waals surface area contributed by atoms with Crippen LogP contribution in [-0.4, -0.2) is 4.98 Å². The summed E-state index contributed by atoms with van der Waals surface area (Å²) in [5, 5.41) is 0. The molecular weight excluding hydrogens is 384 g/mol. The maximum atomic E-state index is 3.52. The number of aryl methyl sites for hydroxylation is 1. The quantitative estimate of drug-likeness (QED) is 0.247. The Bertz CT molecular complexity index is 562. The van der Waals surface area contributed by atoms with Crippen molar-refractivity contribution in [2.75, 3.05) is 0 Å². The second-order valence-electron chi connectivity index (χ2n) is 7.49. The fraction of sp³-hybridized carbons (Fsp3) is 0.609. The van der Waals surface area contributed by atoms with Gasteiger partial charge in [-0.1, -0.05) is 86.4 Å². The number of aromatic amines is 1. The summed E-state index contributed by atoms with van der Waals surface area (Å²) in [6.45, 7) is 2.29. The monoisotopic (exact) mass is 419 g/mol. The van der Waals surface area contributed by atoms with Gasteiger partial charge in [-0.3, -0.25) is 4.98 Å². The van der Waals surface area contributed by atoms with Crippen LogP contribution < -0.4 is 4.57 Å². The summed E-state index contributed by atoms with van der Waals surface area (Å²) in [5.74, 6) is 0. The van der Waals surface area contributed by atoms with Gasteiger partial charge in [0.1, 0.15) is 18.4 Å². The Morgan fingerprint density at radius 3 is 2.15 bits per heavy atom. The fourth-order valence-electron chi connectivity index (χ4n) is 3.65. The largest absolute Gasteiger partial charge is 0.250 e. The number of rotatable bonds is 14. The van der Waals surface area contributed by atoms with Crippen LogP contribution in [0.1, 0.15) is 89.2 Å². The molecule has 0 spiro atoms. The van der Waals surface area contributed by atoms with E-state index < -0.39 is 0 Å². The van der Waals surface area contributed by atoms with Crippen LogP contribution in [0.2, 0.25) is 0 Å². The van der Waals surface area contributed by atoms with Crippen LogP contribution in [-0.2, 0) is 6.42 Å². The molecule has 1 heterocycles. The fourth-order valence-corrected chi connectivity index (χ4v) is 3.91. The second kappa shape index (κ2) is 13.1. The van der Waals surface area contributed by atoms with E-state index in [4.69, 9.17) is 0 Å². The molecule has 0 bridgehead atoms. The number of unbranched alkanes of at least 4 members (excludes halogenated alkanes) is 8. The van der Waals surface area contributed by atoms with Gasteiger partial charge < -0.3 is 0 Å². The van der Waals surface area contributed by atoms with Crippen LogP contribution >= 0.6 is 15.9 Å². The number of benzene rings is 1. The Morgan fingerprint density at radius 2 is 1.54 bits per heavy atom. The van der Waals surface area contributed by atoms with Gasteiger partial charge in [-0.2, -0.15) is 0 Å². The molecule has 0 aliphatic heterocycles. The van der Waals surface area contributed by atoms with Gasteiger partial charge in [0.25, 0.3) is 0 Å². The molecule has 0 aliphatic rings. The smallest absolute Gasteiger partial charge is 0.241 e. The molecule has 2 rings (SSSR count). The Balaban J connectivity index is 1.66. The molecule has 1 unspecified atom stereocenters. The normalized spacial score (nSPS) is 12.4. The van der Waals surface area contributed by atoms with Gasteiger partial charge in [0, 0.05) is 4.47 Å². The van der Waals surface area contributed by atoms with Crippen molar-refractivity contribution in [2.45, 2.75) is 90.0 Å². The maximum Gasteiger partial charge on any atom is 0.241 e. The molecule has 2 nitrogen and oxygen atoms in total. The summed E-state index contributed by atoms with van der Waals surface area (Å²) in [6, 6.07) is 9.38. The van der Waals surface area contributed by atoms with Gasteiger partial charge in [-0.25, -0.2) is 4.57 Å². The number of hydrogen-bond donors (Lipinski definition) is 1. The summed E-state index contributed by atoms with van der Waals surface area (Å²) >= 11 is 3.52. The van der Waals surface area contributed by atoms with E-state index in [1.807, 2.05) is 6.20 Å². The Kier molecular flexibility index (Phi) is 10.7. The highest BCUT2D eigenvalue weighted by Gasteiger charge is 2.15. The van der Waals surface area contributed by atoms with Gasteiger partial charge in [0.2, 0.25) is 6.33 Å². The summed E-state index contributed by atoms with van der Waals surface area (Å²) in [4.78, 5) is 3.21. The van der Waals surface area contributed by atoms with Crippen LogP contribution in [0.5, 0.6) is 0 Å². The number of H-pyrrole nitrogens is 1. The minimum absolute atomic E-state index is 0.606. The molecule has 3 heteroatoms. The van der Waals surface area contributed by atoms with E-state index in [0.717, 1.165) is 10.9 Å². The van der Waals surface area contributed by atoms with E-state index in [0.29, 0.717) is 6.04 Å². The molecule has 0 saturated carbocycles. The summed E-state index contributed by atoms with van der Waals surface area (Å²) < 4.78 is 3.52. The molecule has 0 radical (unpaired) electrons. The van der Waals surface area contributed by atoms with Crippen LogP contribution in [0.15, 0.2) is 47.5 Å². The summed E-state index contributed by atoms with van der Waals surface area (Å²) in [7, 11) is 0. The topological polar surface area (TPSA) is 19.7 Å². The molecule has 0 amide bonds. The van der Waals surface area contributed by atoms with Gasteiger partial charge in [0.05, 0.1) is 0 Å². The van der Waals surface area contributed by atoms with E-state index in [-0.39, 0.29) is 0 Å². The van der Waals surface area contributed by atoms with Gasteiger partial charge >= 0.3 is 0 Å². The van der Waals surface area contributed by atoms with Crippen LogP contribution in [0, 0.1) is 0 Å². The second-order valence-corrected chi connectivity index (χ2v) is 8.41. The Morgan fingerprint density at radius 1 is 0.885 bits per heavy atom. The highest BCUT2D eigenvalue weighted by molar-refractivity contribution is 9.10. The average molecular weight is 420 g/mol. The molecule has 1 aromatic heterocycles. The van der Waals surface area contributed by atoms with Gasteiger partial charge in [-0.05, 0) is 43.4 Å². The molecule has 0 saturated heterocycles. The lowest BCUT2D eigenvalue weighted by atomic mass is 9.99. The number of hydrogen-bond acceptors (Lipinski definition) is 0. The Hall–Kier alpha value is -1.09. The first-order valence-electron chi connectivity index (χ1n) is 10.6. The zero-order valence-electron chi connectivity index (χ0n) is 16.4. The number of nitrogens with one attached hydrogen (secondary N) is 1. The van der Waals surface area contributed by atoms with Gasteiger partial charge in [-0.15, -0.1) is 0 Å². The summed E-state index contributed by atoms with van der Waals surface area (Å²) in [6.07, 6.45) is 22.6. The molecular formula is C23H36BrN2+. The minimum atomic E-state index is 0.606. The molecule has 1 N–H and O–H groups in total. The van der Waals surface area contributed by atoms with Crippen LogP contribution in [0.3, 0.4) is 0 Å². The lowest BCUT2D eigenvalue weighted by molar-refractivity contribution is -0.723. The van der Waals surface area contributed by atoms with Crippen molar-refractivity contribution in [3.63, 3.8) is 0 Å². The van der Waals surface area contributed by atoms with E-state index in [9.17, 15) is 0 Å². The number of halogens is 1. The highest BCUT2D eigenvalue weighted by Crippen LogP contribution is 2.19. The van der Waals surface area contributed by atoms with Crippen molar-refractivity contribution < 1.29 is 4.57 Å². The van der Waals surface area contributed by atoms with Crippen molar-refractivity contribution in [1.29, 1.82) is 0 Å². The highest BCUT2D eigenvalue weighted by atomic mass is 79.9. The van der Waals surface area contributed by atoms with Crippen LogP contribution in [0.25, 0.3) is 0 Å². The molecule has 26 heavy (non-hydrogen) atoms. The third-order valence-electron chi connectivity index (χ3n) is 5.31. The number of aromatic nitrogens is 2. The third-order valence-corrected chi connectivity index (χ3v) is 5.84. The summed E-state index contributed by atoms with van der Waals surface area (Å²) in [5.41, 5.74) is 1.43. The van der Waals surface area contributed by atoms with Crippen LogP contribution in [0.4, 0.5) is 0 Å². The molecule has 0 aliphatic carbocycles. The van der Waals surface area contributed by atoms with Crippen molar-refractivity contribution in [2.24, 2.45) is 0 Å². The van der Waals surface area contributed by atoms with E-state index in [1.165, 1.54) is 76.2 Å². The van der Waals surface area contributed by atoms with Crippen molar-refractivity contribution in [3.8, 4) is 0 Å².